The number of H-pyrrole nitrogens is 1. The van der Waals surface area contributed by atoms with E-state index in [1.54, 1.807) is 12.1 Å². The van der Waals surface area contributed by atoms with Gasteiger partial charge in [-0.25, -0.2) is 9.37 Å². The molecule has 1 aliphatic rings. The lowest BCUT2D eigenvalue weighted by atomic mass is 9.93. The number of rotatable bonds is 2. The van der Waals surface area contributed by atoms with Gasteiger partial charge in [0.05, 0.1) is 16.6 Å². The fraction of sp³-hybridized carbons (Fsp3) is 0.188. The molecule has 4 heteroatoms. The summed E-state index contributed by atoms with van der Waals surface area (Å²) in [6, 6.07) is 12.9. The predicted octanol–water partition coefficient (Wildman–Crippen LogP) is 3.06. The molecular formula is C16H14FN3. The van der Waals surface area contributed by atoms with Gasteiger partial charge in [0.2, 0.25) is 0 Å². The molecule has 0 saturated carbocycles. The van der Waals surface area contributed by atoms with E-state index < -0.39 is 0 Å². The van der Waals surface area contributed by atoms with Crippen molar-refractivity contribution >= 4 is 11.0 Å². The molecule has 0 spiro atoms. The lowest BCUT2D eigenvalue weighted by Gasteiger charge is -2.27. The van der Waals surface area contributed by atoms with Crippen molar-refractivity contribution in [2.45, 2.75) is 5.92 Å². The molecule has 4 rings (SSSR count). The molecule has 2 N–H and O–H groups in total. The first-order chi connectivity index (χ1) is 9.81. The molecule has 0 aliphatic carbocycles. The molecule has 3 nitrogen and oxygen atoms in total. The number of halogens is 1. The molecule has 0 amide bonds. The van der Waals surface area contributed by atoms with Crippen molar-refractivity contribution in [2.75, 3.05) is 13.1 Å². The van der Waals surface area contributed by atoms with Gasteiger partial charge < -0.3 is 10.3 Å². The van der Waals surface area contributed by atoms with Crippen LogP contribution in [0.2, 0.25) is 0 Å². The third kappa shape index (κ3) is 1.80. The van der Waals surface area contributed by atoms with Gasteiger partial charge in [0.25, 0.3) is 0 Å². The summed E-state index contributed by atoms with van der Waals surface area (Å²) in [6.45, 7) is 2.06. The lowest BCUT2D eigenvalue weighted by molar-refractivity contribution is 0.449. The van der Waals surface area contributed by atoms with Gasteiger partial charge in [-0.1, -0.05) is 18.2 Å². The number of hydrogen-bond acceptors (Lipinski definition) is 2. The normalized spacial score (nSPS) is 15.4. The van der Waals surface area contributed by atoms with Gasteiger partial charge in [-0.05, 0) is 29.8 Å². The van der Waals surface area contributed by atoms with Crippen molar-refractivity contribution in [3.8, 4) is 11.4 Å². The Kier molecular flexibility index (Phi) is 2.57. The van der Waals surface area contributed by atoms with Crippen molar-refractivity contribution < 1.29 is 4.39 Å². The molecule has 0 unspecified atom stereocenters. The van der Waals surface area contributed by atoms with Crippen LogP contribution in [0.25, 0.3) is 22.4 Å². The van der Waals surface area contributed by atoms with Gasteiger partial charge in [0, 0.05) is 19.0 Å². The van der Waals surface area contributed by atoms with E-state index in [4.69, 9.17) is 0 Å². The van der Waals surface area contributed by atoms with Crippen LogP contribution in [-0.4, -0.2) is 23.1 Å². The van der Waals surface area contributed by atoms with Gasteiger partial charge >= 0.3 is 0 Å². The average Bonchev–Trinajstić information content (AvgIpc) is 2.80. The minimum atomic E-state index is -0.255. The standard InChI is InChI=1S/C16H14FN3/c17-13-4-2-1-3-12(13)16-19-14-6-5-10(7-15(14)20-16)11-8-18-9-11/h1-7,11,18H,8-9H2,(H,19,20). The van der Waals surface area contributed by atoms with Crippen molar-refractivity contribution in [3.05, 3.63) is 53.8 Å². The van der Waals surface area contributed by atoms with Crippen LogP contribution < -0.4 is 5.32 Å². The Morgan fingerprint density at radius 2 is 1.95 bits per heavy atom. The quantitative estimate of drug-likeness (QED) is 0.749. The van der Waals surface area contributed by atoms with Crippen LogP contribution in [0.5, 0.6) is 0 Å². The summed E-state index contributed by atoms with van der Waals surface area (Å²) >= 11 is 0. The van der Waals surface area contributed by atoms with E-state index in [0.29, 0.717) is 17.3 Å². The lowest BCUT2D eigenvalue weighted by Crippen LogP contribution is -2.39. The second kappa shape index (κ2) is 4.42. The van der Waals surface area contributed by atoms with E-state index in [0.717, 1.165) is 24.1 Å². The first kappa shape index (κ1) is 11.6. The summed E-state index contributed by atoms with van der Waals surface area (Å²) in [4.78, 5) is 7.70. The number of hydrogen-bond donors (Lipinski definition) is 2. The Morgan fingerprint density at radius 3 is 2.70 bits per heavy atom. The van der Waals surface area contributed by atoms with Crippen LogP contribution in [0, 0.1) is 5.82 Å². The highest BCUT2D eigenvalue weighted by Gasteiger charge is 2.19. The Morgan fingerprint density at radius 1 is 1.10 bits per heavy atom. The molecular weight excluding hydrogens is 253 g/mol. The zero-order valence-electron chi connectivity index (χ0n) is 10.9. The molecule has 0 bridgehead atoms. The van der Waals surface area contributed by atoms with Crippen LogP contribution in [0.3, 0.4) is 0 Å². The van der Waals surface area contributed by atoms with Crippen LogP contribution in [-0.2, 0) is 0 Å². The maximum Gasteiger partial charge on any atom is 0.141 e. The van der Waals surface area contributed by atoms with Crippen molar-refractivity contribution in [3.63, 3.8) is 0 Å². The Balaban J connectivity index is 1.80. The largest absolute Gasteiger partial charge is 0.338 e. The molecule has 20 heavy (non-hydrogen) atoms. The van der Waals surface area contributed by atoms with Crippen molar-refractivity contribution in [1.82, 2.24) is 15.3 Å². The smallest absolute Gasteiger partial charge is 0.141 e. The molecule has 100 valence electrons. The van der Waals surface area contributed by atoms with Gasteiger partial charge in [-0.15, -0.1) is 0 Å². The molecule has 1 saturated heterocycles. The van der Waals surface area contributed by atoms with Crippen LogP contribution in [0.4, 0.5) is 4.39 Å². The summed E-state index contributed by atoms with van der Waals surface area (Å²) in [5.74, 6) is 0.913. The highest BCUT2D eigenvalue weighted by atomic mass is 19.1. The summed E-state index contributed by atoms with van der Waals surface area (Å²) in [6.07, 6.45) is 0. The molecule has 3 aromatic rings. The molecule has 1 fully saturated rings. The predicted molar refractivity (Wildman–Crippen MR) is 77.1 cm³/mol. The average molecular weight is 267 g/mol. The number of nitrogens with one attached hydrogen (secondary N) is 2. The monoisotopic (exact) mass is 267 g/mol. The molecule has 2 heterocycles. The van der Waals surface area contributed by atoms with Crippen LogP contribution >= 0.6 is 0 Å². The third-order valence-corrected chi connectivity index (χ3v) is 3.89. The Bertz CT molecular complexity index is 774. The SMILES string of the molecule is Fc1ccccc1-c1nc2ccc(C3CNC3)cc2[nH]1. The molecule has 1 aromatic heterocycles. The topological polar surface area (TPSA) is 40.7 Å². The van der Waals surface area contributed by atoms with Crippen molar-refractivity contribution in [2.24, 2.45) is 0 Å². The number of imidazole rings is 1. The highest BCUT2D eigenvalue weighted by molar-refractivity contribution is 5.80. The van der Waals surface area contributed by atoms with E-state index in [-0.39, 0.29) is 5.82 Å². The van der Waals surface area contributed by atoms with Gasteiger partial charge in [0.1, 0.15) is 11.6 Å². The summed E-state index contributed by atoms with van der Waals surface area (Å²) < 4.78 is 13.8. The molecule has 1 aliphatic heterocycles. The molecule has 2 aromatic carbocycles. The second-order valence-electron chi connectivity index (χ2n) is 5.20. The zero-order chi connectivity index (χ0) is 13.5. The fourth-order valence-electron chi connectivity index (χ4n) is 2.59. The molecule has 0 radical (unpaired) electrons. The first-order valence-electron chi connectivity index (χ1n) is 6.76. The Labute approximate surface area is 115 Å². The second-order valence-corrected chi connectivity index (χ2v) is 5.20. The first-order valence-corrected chi connectivity index (χ1v) is 6.76. The van der Waals surface area contributed by atoms with Crippen LogP contribution in [0.1, 0.15) is 11.5 Å². The summed E-state index contributed by atoms with van der Waals surface area (Å²) in [5, 5.41) is 3.27. The summed E-state index contributed by atoms with van der Waals surface area (Å²) in [7, 11) is 0. The number of fused-ring (bicyclic) bond motifs is 1. The van der Waals surface area contributed by atoms with Crippen molar-refractivity contribution in [1.29, 1.82) is 0 Å². The summed E-state index contributed by atoms with van der Waals surface area (Å²) in [5.41, 5.74) is 3.66. The third-order valence-electron chi connectivity index (χ3n) is 3.89. The minimum absolute atomic E-state index is 0.255. The van der Waals surface area contributed by atoms with E-state index in [9.17, 15) is 4.39 Å². The van der Waals surface area contributed by atoms with E-state index in [1.807, 2.05) is 12.1 Å². The van der Waals surface area contributed by atoms with Gasteiger partial charge in [-0.3, -0.25) is 0 Å². The number of aromatic amines is 1. The molecule has 0 atom stereocenters. The number of aromatic nitrogens is 2. The highest BCUT2D eigenvalue weighted by Crippen LogP contribution is 2.26. The number of benzene rings is 2. The maximum atomic E-state index is 13.8. The van der Waals surface area contributed by atoms with Gasteiger partial charge in [-0.2, -0.15) is 0 Å². The van der Waals surface area contributed by atoms with E-state index in [1.165, 1.54) is 11.6 Å². The van der Waals surface area contributed by atoms with E-state index in [2.05, 4.69) is 27.4 Å². The minimum Gasteiger partial charge on any atom is -0.338 e. The number of nitrogens with zero attached hydrogens (tertiary/aromatic N) is 1. The van der Waals surface area contributed by atoms with E-state index >= 15 is 0 Å². The van der Waals surface area contributed by atoms with Crippen LogP contribution in [0.15, 0.2) is 42.5 Å². The Hall–Kier alpha value is -2.20. The van der Waals surface area contributed by atoms with Gasteiger partial charge in [0.15, 0.2) is 0 Å². The fourth-order valence-corrected chi connectivity index (χ4v) is 2.59. The zero-order valence-corrected chi connectivity index (χ0v) is 10.9. The maximum absolute atomic E-state index is 13.8.